The molecular weight excluding hydrogens is 901 g/mol. The van der Waals surface area contributed by atoms with Gasteiger partial charge in [-0.1, -0.05) is 179 Å². The Labute approximate surface area is 446 Å². The number of benzene rings is 7. The molecule has 0 radical (unpaired) electrons. The van der Waals surface area contributed by atoms with Crippen molar-refractivity contribution in [3.63, 3.8) is 0 Å². The monoisotopic (exact) mass is 985 g/mol. The summed E-state index contributed by atoms with van der Waals surface area (Å²) in [6, 6.07) is 59.8. The quantitative estimate of drug-likeness (QED) is 0.151. The minimum absolute atomic E-state index is 1.08. The molecule has 3 heteroatoms. The zero-order valence-corrected chi connectivity index (χ0v) is 48.4. The molecular formula is C70H84N2S. The highest BCUT2D eigenvalue weighted by atomic mass is 32.1. The third-order valence-electron chi connectivity index (χ3n) is 12.0. The highest BCUT2D eigenvalue weighted by Gasteiger charge is 1.98. The van der Waals surface area contributed by atoms with Crippen LogP contribution >= 0.6 is 11.3 Å². The molecule has 10 rings (SSSR count). The Hall–Kier alpha value is -6.94. The van der Waals surface area contributed by atoms with Crippen LogP contribution in [0.5, 0.6) is 0 Å². The van der Waals surface area contributed by atoms with Gasteiger partial charge in [0.15, 0.2) is 0 Å². The lowest BCUT2D eigenvalue weighted by Crippen LogP contribution is -1.86. The Morgan fingerprint density at radius 3 is 0.849 bits per heavy atom. The van der Waals surface area contributed by atoms with E-state index in [4.69, 9.17) is 0 Å². The maximum Gasteiger partial charge on any atom is 0.0372 e. The van der Waals surface area contributed by atoms with E-state index in [2.05, 4.69) is 265 Å². The average molecular weight is 986 g/mol. The van der Waals surface area contributed by atoms with Crippen molar-refractivity contribution >= 4 is 32.9 Å². The van der Waals surface area contributed by atoms with Gasteiger partial charge in [0, 0.05) is 33.5 Å². The van der Waals surface area contributed by atoms with E-state index in [9.17, 15) is 0 Å². The fourth-order valence-corrected chi connectivity index (χ4v) is 8.05. The predicted octanol–water partition coefficient (Wildman–Crippen LogP) is 20.2. The maximum atomic E-state index is 4.08. The zero-order chi connectivity index (χ0) is 54.0. The van der Waals surface area contributed by atoms with Crippen molar-refractivity contribution in [1.82, 2.24) is 9.97 Å². The van der Waals surface area contributed by atoms with Crippen LogP contribution in [0.1, 0.15) is 99.0 Å². The molecule has 0 unspecified atom stereocenters. The van der Waals surface area contributed by atoms with Gasteiger partial charge in [-0.3, -0.25) is 9.97 Å². The molecule has 0 spiro atoms. The Kier molecular flexibility index (Phi) is 26.0. The lowest BCUT2D eigenvalue weighted by Gasteiger charge is -2.04. The van der Waals surface area contributed by atoms with Crippen LogP contribution in [0, 0.1) is 125 Å². The summed E-state index contributed by atoms with van der Waals surface area (Å²) in [6.07, 6.45) is 3.74. The molecule has 3 heterocycles. The van der Waals surface area contributed by atoms with E-state index in [1.807, 2.05) is 63.6 Å². The number of thiophene rings is 1. The summed E-state index contributed by atoms with van der Waals surface area (Å²) >= 11 is 1.84. The first-order valence-corrected chi connectivity index (χ1v) is 26.3. The fraction of sp³-hybridized carbons (Fsp3) is 0.257. The number of hydrogen-bond donors (Lipinski definition) is 0. The van der Waals surface area contributed by atoms with E-state index in [1.54, 1.807) is 0 Å². The highest BCUT2D eigenvalue weighted by Crippen LogP contribution is 2.21. The highest BCUT2D eigenvalue weighted by molar-refractivity contribution is 7.11. The zero-order valence-electron chi connectivity index (χ0n) is 47.6. The molecule has 0 N–H and O–H groups in total. The first-order valence-electron chi connectivity index (χ1n) is 25.4. The number of aromatic nitrogens is 2. The van der Waals surface area contributed by atoms with Gasteiger partial charge in [0.05, 0.1) is 0 Å². The van der Waals surface area contributed by atoms with Crippen molar-refractivity contribution in [2.75, 3.05) is 0 Å². The van der Waals surface area contributed by atoms with Crippen molar-refractivity contribution in [3.05, 3.63) is 281 Å². The van der Waals surface area contributed by atoms with Crippen molar-refractivity contribution in [2.24, 2.45) is 0 Å². The van der Waals surface area contributed by atoms with E-state index < -0.39 is 0 Å². The van der Waals surface area contributed by atoms with Crippen molar-refractivity contribution < 1.29 is 0 Å². The summed E-state index contributed by atoms with van der Waals surface area (Å²) in [5.41, 5.74) is 20.9. The van der Waals surface area contributed by atoms with Gasteiger partial charge in [-0.15, -0.1) is 11.3 Å². The van der Waals surface area contributed by atoms with E-state index in [-0.39, 0.29) is 0 Å². The molecule has 380 valence electrons. The van der Waals surface area contributed by atoms with Gasteiger partial charge >= 0.3 is 0 Å². The summed E-state index contributed by atoms with van der Waals surface area (Å²) < 4.78 is 0. The van der Waals surface area contributed by atoms with Gasteiger partial charge < -0.3 is 0 Å². The van der Waals surface area contributed by atoms with E-state index in [0.717, 1.165) is 11.4 Å². The van der Waals surface area contributed by atoms with E-state index in [1.165, 1.54) is 109 Å². The average Bonchev–Trinajstić information content (AvgIpc) is 3.75. The van der Waals surface area contributed by atoms with Crippen LogP contribution in [0.4, 0.5) is 0 Å². The van der Waals surface area contributed by atoms with Gasteiger partial charge in [-0.2, -0.15) is 0 Å². The normalized spacial score (nSPS) is 9.78. The van der Waals surface area contributed by atoms with Gasteiger partial charge in [-0.05, 0) is 215 Å². The largest absolute Gasteiger partial charge is 0.261 e. The molecule has 2 nitrogen and oxygen atoms in total. The number of rotatable bonds is 0. The maximum absolute atomic E-state index is 4.08. The third-order valence-corrected chi connectivity index (χ3v) is 12.9. The first kappa shape index (κ1) is 60.4. The molecule has 0 amide bonds. The van der Waals surface area contributed by atoms with E-state index >= 15 is 0 Å². The number of fused-ring (bicyclic) bond motifs is 2. The molecule has 3 aromatic heterocycles. The van der Waals surface area contributed by atoms with Gasteiger partial charge in [0.2, 0.25) is 0 Å². The van der Waals surface area contributed by atoms with E-state index in [0.29, 0.717) is 0 Å². The molecule has 0 saturated heterocycles. The molecule has 0 aliphatic rings. The topological polar surface area (TPSA) is 25.8 Å². The molecule has 10 aromatic rings. The van der Waals surface area contributed by atoms with Crippen molar-refractivity contribution in [1.29, 1.82) is 0 Å². The minimum atomic E-state index is 1.08. The first-order chi connectivity index (χ1) is 34.6. The number of pyridine rings is 2. The van der Waals surface area contributed by atoms with Crippen LogP contribution < -0.4 is 0 Å². The lowest BCUT2D eigenvalue weighted by atomic mass is 10.0. The van der Waals surface area contributed by atoms with Gasteiger partial charge in [0.1, 0.15) is 0 Å². The van der Waals surface area contributed by atoms with Crippen LogP contribution in [0.3, 0.4) is 0 Å². The number of nitrogens with zero attached hydrogens (tertiary/aromatic N) is 2. The third kappa shape index (κ3) is 23.9. The fourth-order valence-electron chi connectivity index (χ4n) is 7.27. The van der Waals surface area contributed by atoms with Crippen LogP contribution in [-0.4, -0.2) is 9.97 Å². The SMILES string of the molecule is Cc1cc(C)c(C)cc1C.Cc1ccc(C)c2ccccc12.Cc1ccc(C)cc1.Cc1ccc(C)nc1.Cc1ccc(C)nc1.Cc1ccc(C)s1.Cc1ccc2cc(C)ccc2c1.Cc1cccc(C)c1. The Morgan fingerprint density at radius 2 is 0.575 bits per heavy atom. The molecule has 0 fully saturated rings. The predicted molar refractivity (Wildman–Crippen MR) is 325 cm³/mol. The lowest BCUT2D eigenvalue weighted by molar-refractivity contribution is 1.17. The Morgan fingerprint density at radius 1 is 0.247 bits per heavy atom. The standard InChI is InChI=1S/2C12H12.C10H14.2C8H10.2C7H9N.C6H8S/c1-9-3-5-12-8-10(2)4-6-11(12)7-9;1-9-7-8-10(2)12-6-4-3-5-11(9)12;1-7-5-9(3)10(4)6-8(7)2;1-7-3-5-8(2)6-4-7;1-7-4-3-5-8(2)6-7;2*1-6-3-4-7(2)8-5-6;1-5-3-4-6(2)7-5/h2*3-8H,1-2H3;5-6H,1-4H3;2*3-6H,1-2H3;2*3-5H,1-2H3;3-4H,1-2H3. The molecule has 0 bridgehead atoms. The molecule has 7 aromatic carbocycles. The summed E-state index contributed by atoms with van der Waals surface area (Å²) in [5.74, 6) is 0. The summed E-state index contributed by atoms with van der Waals surface area (Å²) in [5, 5.41) is 5.41. The van der Waals surface area contributed by atoms with Gasteiger partial charge in [-0.25, -0.2) is 0 Å². The molecule has 0 aliphatic carbocycles. The summed E-state index contributed by atoms with van der Waals surface area (Å²) in [7, 11) is 0. The second-order valence-electron chi connectivity index (χ2n) is 19.5. The van der Waals surface area contributed by atoms with Gasteiger partial charge in [0.25, 0.3) is 0 Å². The van der Waals surface area contributed by atoms with Crippen LogP contribution in [0.2, 0.25) is 0 Å². The summed E-state index contributed by atoms with van der Waals surface area (Å²) in [4.78, 5) is 11.0. The summed E-state index contributed by atoms with van der Waals surface area (Å²) in [6.45, 7) is 37.9. The second kappa shape index (κ2) is 31.5. The Bertz CT molecular complexity index is 2840. The Balaban J connectivity index is 0.000000222. The minimum Gasteiger partial charge on any atom is -0.261 e. The molecule has 0 atom stereocenters. The number of hydrogen-bond acceptors (Lipinski definition) is 3. The smallest absolute Gasteiger partial charge is 0.0372 e. The molecule has 0 saturated carbocycles. The molecule has 0 aliphatic heterocycles. The van der Waals surface area contributed by atoms with Crippen LogP contribution in [0.25, 0.3) is 21.5 Å². The number of aryl methyl sites for hydroxylation is 18. The second-order valence-corrected chi connectivity index (χ2v) is 21.0. The van der Waals surface area contributed by atoms with Crippen molar-refractivity contribution in [3.8, 4) is 0 Å². The van der Waals surface area contributed by atoms with Crippen molar-refractivity contribution in [2.45, 2.75) is 125 Å². The van der Waals surface area contributed by atoms with Crippen LogP contribution in [0.15, 0.2) is 182 Å². The molecule has 73 heavy (non-hydrogen) atoms. The van der Waals surface area contributed by atoms with Crippen LogP contribution in [-0.2, 0) is 0 Å².